The summed E-state index contributed by atoms with van der Waals surface area (Å²) in [6.07, 6.45) is 6.72. The number of ether oxygens (including phenoxy) is 1. The van der Waals surface area contributed by atoms with Gasteiger partial charge in [0.15, 0.2) is 0 Å². The molecule has 1 heterocycles. The lowest BCUT2D eigenvalue weighted by atomic mass is 10.1. The number of amides is 2. The second kappa shape index (κ2) is 10.4. The summed E-state index contributed by atoms with van der Waals surface area (Å²) in [6, 6.07) is -0.0553. The predicted molar refractivity (Wildman–Crippen MR) is 82.4 cm³/mol. The molecule has 0 bridgehead atoms. The number of carboxylic acids is 1. The van der Waals surface area contributed by atoms with Gasteiger partial charge >= 0.3 is 12.0 Å². The Kier molecular flexibility index (Phi) is 8.71. The minimum Gasteiger partial charge on any atom is -0.481 e. The Morgan fingerprint density at radius 1 is 1.43 bits per heavy atom. The number of nitrogens with zero attached hydrogens (tertiary/aromatic N) is 1. The molecule has 1 fully saturated rings. The molecule has 0 atom stereocenters. The maximum atomic E-state index is 11.9. The van der Waals surface area contributed by atoms with Crippen LogP contribution in [0.3, 0.4) is 0 Å². The number of hydrogen-bond acceptors (Lipinski definition) is 4. The van der Waals surface area contributed by atoms with Crippen LogP contribution in [0, 0.1) is 12.3 Å². The second-order valence-electron chi connectivity index (χ2n) is 4.69. The number of hydrogen-bond donors (Lipinski definition) is 2. The van der Waals surface area contributed by atoms with Crippen molar-refractivity contribution < 1.29 is 19.4 Å². The van der Waals surface area contributed by atoms with Crippen molar-refractivity contribution in [2.45, 2.75) is 25.4 Å². The van der Waals surface area contributed by atoms with Gasteiger partial charge in [0.05, 0.1) is 24.9 Å². The van der Waals surface area contributed by atoms with E-state index in [2.05, 4.69) is 11.2 Å². The molecule has 0 unspecified atom stereocenters. The molecule has 0 spiro atoms. The molecule has 7 heteroatoms. The van der Waals surface area contributed by atoms with Crippen LogP contribution >= 0.6 is 11.8 Å². The average molecular weight is 314 g/mol. The summed E-state index contributed by atoms with van der Waals surface area (Å²) < 4.78 is 5.49. The van der Waals surface area contributed by atoms with Crippen molar-refractivity contribution in [3.63, 3.8) is 0 Å². The summed E-state index contributed by atoms with van der Waals surface area (Å²) in [5.41, 5.74) is 0. The number of aliphatic carboxylic acids is 1. The quantitative estimate of drug-likeness (QED) is 0.516. The molecule has 2 amide bonds. The largest absolute Gasteiger partial charge is 0.481 e. The monoisotopic (exact) mass is 314 g/mol. The summed E-state index contributed by atoms with van der Waals surface area (Å²) in [5.74, 6) is 3.16. The smallest absolute Gasteiger partial charge is 0.317 e. The molecule has 21 heavy (non-hydrogen) atoms. The van der Waals surface area contributed by atoms with Gasteiger partial charge in [-0.3, -0.25) is 4.79 Å². The molecule has 0 aromatic heterocycles. The van der Waals surface area contributed by atoms with Crippen LogP contribution < -0.4 is 5.32 Å². The zero-order valence-electron chi connectivity index (χ0n) is 12.0. The minimum atomic E-state index is -0.852. The minimum absolute atomic E-state index is 0.0238. The third kappa shape index (κ3) is 7.83. The molecule has 0 aliphatic carbocycles. The highest BCUT2D eigenvalue weighted by Crippen LogP contribution is 2.14. The summed E-state index contributed by atoms with van der Waals surface area (Å²) in [4.78, 5) is 24.0. The van der Waals surface area contributed by atoms with Gasteiger partial charge < -0.3 is 20.1 Å². The normalized spacial score (nSPS) is 15.5. The van der Waals surface area contributed by atoms with Crippen molar-refractivity contribution in [2.75, 3.05) is 37.7 Å². The molecule has 1 aliphatic rings. The van der Waals surface area contributed by atoms with Crippen LogP contribution in [0.1, 0.15) is 19.3 Å². The first-order chi connectivity index (χ1) is 10.1. The molecule has 0 radical (unpaired) electrons. The molecule has 1 saturated heterocycles. The number of carbonyl (C=O) groups is 2. The van der Waals surface area contributed by atoms with E-state index < -0.39 is 5.97 Å². The molecule has 0 aromatic rings. The van der Waals surface area contributed by atoms with E-state index in [0.29, 0.717) is 25.4 Å². The van der Waals surface area contributed by atoms with E-state index in [1.54, 1.807) is 16.7 Å². The molecule has 6 nitrogen and oxygen atoms in total. The molecule has 2 N–H and O–H groups in total. The van der Waals surface area contributed by atoms with E-state index in [1.807, 2.05) is 0 Å². The molecule has 0 saturated carbocycles. The highest BCUT2D eigenvalue weighted by molar-refractivity contribution is 7.99. The number of carboxylic acid groups (broad SMARTS) is 1. The molecule has 1 rings (SSSR count). The second-order valence-corrected chi connectivity index (χ2v) is 5.79. The summed E-state index contributed by atoms with van der Waals surface area (Å²) in [5, 5.41) is 11.4. The maximum Gasteiger partial charge on any atom is 0.317 e. The van der Waals surface area contributed by atoms with Crippen molar-refractivity contribution in [2.24, 2.45) is 0 Å². The van der Waals surface area contributed by atoms with Gasteiger partial charge in [-0.15, -0.1) is 18.2 Å². The number of thioether (sulfide) groups is 1. The zero-order valence-corrected chi connectivity index (χ0v) is 12.9. The number of urea groups is 1. The van der Waals surface area contributed by atoms with E-state index >= 15 is 0 Å². The van der Waals surface area contributed by atoms with E-state index in [1.165, 1.54) is 0 Å². The highest BCUT2D eigenvalue weighted by Gasteiger charge is 2.22. The van der Waals surface area contributed by atoms with E-state index in [0.717, 1.165) is 18.6 Å². The van der Waals surface area contributed by atoms with Crippen molar-refractivity contribution >= 4 is 23.8 Å². The Bertz CT molecular complexity index is 376. The first kappa shape index (κ1) is 17.7. The number of likely N-dealkylation sites (tertiary alicyclic amines) is 1. The molecule has 118 valence electrons. The predicted octanol–water partition coefficient (Wildman–Crippen LogP) is 1.02. The van der Waals surface area contributed by atoms with Crippen LogP contribution in [0.4, 0.5) is 4.79 Å². The van der Waals surface area contributed by atoms with Gasteiger partial charge in [-0.2, -0.15) is 0 Å². The van der Waals surface area contributed by atoms with Gasteiger partial charge in [0.25, 0.3) is 0 Å². The number of rotatable bonds is 8. The van der Waals surface area contributed by atoms with Crippen LogP contribution in [0.25, 0.3) is 0 Å². The third-order valence-electron chi connectivity index (χ3n) is 3.11. The van der Waals surface area contributed by atoms with Crippen LogP contribution in [-0.2, 0) is 9.53 Å². The third-order valence-corrected chi connectivity index (χ3v) is 3.97. The van der Waals surface area contributed by atoms with Crippen molar-refractivity contribution in [3.8, 4) is 12.3 Å². The molecule has 1 aliphatic heterocycles. The Labute approximate surface area is 129 Å². The Balaban J connectivity index is 2.10. The maximum absolute atomic E-state index is 11.9. The molecular formula is C14H22N2O4S. The number of piperidine rings is 1. The van der Waals surface area contributed by atoms with Gasteiger partial charge in [-0.25, -0.2) is 4.79 Å². The Hall–Kier alpha value is -1.39. The lowest BCUT2D eigenvalue weighted by Gasteiger charge is -2.31. The summed E-state index contributed by atoms with van der Waals surface area (Å²) in [6.45, 7) is 2.13. The summed E-state index contributed by atoms with van der Waals surface area (Å²) >= 11 is 1.62. The van der Waals surface area contributed by atoms with E-state index in [9.17, 15) is 9.59 Å². The van der Waals surface area contributed by atoms with Crippen LogP contribution in [0.2, 0.25) is 0 Å². The fraction of sp³-hybridized carbons (Fsp3) is 0.714. The highest BCUT2D eigenvalue weighted by atomic mass is 32.2. The van der Waals surface area contributed by atoms with Crippen LogP contribution in [0.15, 0.2) is 0 Å². The van der Waals surface area contributed by atoms with Crippen LogP contribution in [-0.4, -0.2) is 65.9 Å². The van der Waals surface area contributed by atoms with Gasteiger partial charge in [0, 0.05) is 25.4 Å². The first-order valence-corrected chi connectivity index (χ1v) is 8.16. The zero-order chi connectivity index (χ0) is 15.5. The average Bonchev–Trinajstić information content (AvgIpc) is 2.47. The van der Waals surface area contributed by atoms with E-state index in [4.69, 9.17) is 16.3 Å². The SMILES string of the molecule is C#CCSCCNC(=O)N1CCC(OCCC(=O)O)CC1. The number of terminal acetylenes is 1. The molecule has 0 aromatic carbocycles. The van der Waals surface area contributed by atoms with Gasteiger partial charge in [0.1, 0.15) is 0 Å². The Morgan fingerprint density at radius 3 is 2.76 bits per heavy atom. The molecular weight excluding hydrogens is 292 g/mol. The van der Waals surface area contributed by atoms with Crippen molar-refractivity contribution in [1.29, 1.82) is 0 Å². The van der Waals surface area contributed by atoms with E-state index in [-0.39, 0.29) is 25.2 Å². The Morgan fingerprint density at radius 2 is 2.14 bits per heavy atom. The van der Waals surface area contributed by atoms with Crippen molar-refractivity contribution in [1.82, 2.24) is 10.2 Å². The standard InChI is InChI=1S/C14H22N2O4S/c1-2-10-21-11-6-15-14(19)16-7-3-12(4-8-16)20-9-5-13(17)18/h1,12H,3-11H2,(H,15,19)(H,17,18). The van der Waals surface area contributed by atoms with Crippen LogP contribution in [0.5, 0.6) is 0 Å². The number of carbonyl (C=O) groups excluding carboxylic acids is 1. The lowest BCUT2D eigenvalue weighted by Crippen LogP contribution is -2.46. The fourth-order valence-electron chi connectivity index (χ4n) is 2.01. The fourth-order valence-corrected chi connectivity index (χ4v) is 2.52. The summed E-state index contributed by atoms with van der Waals surface area (Å²) in [7, 11) is 0. The van der Waals surface area contributed by atoms with Crippen molar-refractivity contribution in [3.05, 3.63) is 0 Å². The van der Waals surface area contributed by atoms with Gasteiger partial charge in [-0.05, 0) is 12.8 Å². The van der Waals surface area contributed by atoms with Gasteiger partial charge in [0.2, 0.25) is 0 Å². The van der Waals surface area contributed by atoms with Gasteiger partial charge in [-0.1, -0.05) is 5.92 Å². The first-order valence-electron chi connectivity index (χ1n) is 7.01. The lowest BCUT2D eigenvalue weighted by molar-refractivity contribution is -0.138. The topological polar surface area (TPSA) is 78.9 Å². The number of nitrogens with one attached hydrogen (secondary N) is 1.